The molecule has 0 spiro atoms. The third-order valence-corrected chi connectivity index (χ3v) is 2.07. The molecule has 0 aliphatic heterocycles. The van der Waals surface area contributed by atoms with Crippen molar-refractivity contribution in [1.29, 1.82) is 0 Å². The molecule has 0 saturated carbocycles. The van der Waals surface area contributed by atoms with Gasteiger partial charge >= 0.3 is 6.01 Å². The lowest BCUT2D eigenvalue weighted by atomic mass is 10.5. The van der Waals surface area contributed by atoms with Gasteiger partial charge in [-0.05, 0) is 25.1 Å². The second-order valence-electron chi connectivity index (χ2n) is 3.52. The van der Waals surface area contributed by atoms with Gasteiger partial charge < -0.3 is 9.73 Å². The predicted molar refractivity (Wildman–Crippen MR) is 63.8 cm³/mol. The zero-order valence-electron chi connectivity index (χ0n) is 9.68. The van der Waals surface area contributed by atoms with E-state index in [-0.39, 0.29) is 0 Å². The lowest BCUT2D eigenvalue weighted by molar-refractivity contribution is 0.479. The molecule has 2 rings (SSSR count). The summed E-state index contributed by atoms with van der Waals surface area (Å²) < 4.78 is 5.40. The van der Waals surface area contributed by atoms with Crippen molar-refractivity contribution in [3.05, 3.63) is 30.3 Å². The van der Waals surface area contributed by atoms with Gasteiger partial charge in [-0.15, -0.1) is 5.10 Å². The Balaban J connectivity index is 1.90. The van der Waals surface area contributed by atoms with Crippen LogP contribution in [0.5, 0.6) is 0 Å². The smallest absolute Gasteiger partial charge is 0.321 e. The molecular weight excluding hydrogens is 218 g/mol. The van der Waals surface area contributed by atoms with Gasteiger partial charge in [0, 0.05) is 6.20 Å². The number of anilines is 2. The average molecular weight is 233 g/mol. The van der Waals surface area contributed by atoms with Gasteiger partial charge in [0.05, 0.1) is 6.54 Å². The summed E-state index contributed by atoms with van der Waals surface area (Å²) in [6.07, 6.45) is 2.77. The predicted octanol–water partition coefficient (Wildman–Crippen LogP) is 1.71. The molecule has 2 heterocycles. The Kier molecular flexibility index (Phi) is 4.04. The Morgan fingerprint density at radius 3 is 3.00 bits per heavy atom. The van der Waals surface area contributed by atoms with E-state index < -0.39 is 0 Å². The summed E-state index contributed by atoms with van der Waals surface area (Å²) in [7, 11) is 0. The highest BCUT2D eigenvalue weighted by Crippen LogP contribution is 2.11. The van der Waals surface area contributed by atoms with E-state index in [9.17, 15) is 0 Å². The molecule has 0 amide bonds. The summed E-state index contributed by atoms with van der Waals surface area (Å²) in [5, 5.41) is 13.9. The van der Waals surface area contributed by atoms with Crippen LogP contribution in [0.25, 0.3) is 0 Å². The molecule has 0 bridgehead atoms. The van der Waals surface area contributed by atoms with Crippen LogP contribution in [0, 0.1) is 0 Å². The number of rotatable bonds is 6. The third-order valence-electron chi connectivity index (χ3n) is 2.07. The largest absolute Gasteiger partial charge is 0.406 e. The van der Waals surface area contributed by atoms with Crippen molar-refractivity contribution in [2.45, 2.75) is 19.9 Å². The van der Waals surface area contributed by atoms with E-state index in [1.165, 1.54) is 0 Å². The van der Waals surface area contributed by atoms with Crippen molar-refractivity contribution in [1.82, 2.24) is 20.5 Å². The molecule has 6 nitrogen and oxygen atoms in total. The lowest BCUT2D eigenvalue weighted by Gasteiger charge is -1.98. The van der Waals surface area contributed by atoms with Crippen LogP contribution >= 0.6 is 0 Å². The number of hydrogen-bond donors (Lipinski definition) is 2. The summed E-state index contributed by atoms with van der Waals surface area (Å²) in [6.45, 7) is 3.63. The molecule has 17 heavy (non-hydrogen) atoms. The minimum absolute atomic E-state index is 0.358. The van der Waals surface area contributed by atoms with Crippen molar-refractivity contribution in [2.24, 2.45) is 0 Å². The van der Waals surface area contributed by atoms with Crippen LogP contribution in [0.15, 0.2) is 28.8 Å². The number of nitrogens with one attached hydrogen (secondary N) is 2. The number of nitrogens with zero attached hydrogens (tertiary/aromatic N) is 3. The number of pyridine rings is 1. The zero-order chi connectivity index (χ0) is 11.9. The van der Waals surface area contributed by atoms with Gasteiger partial charge in [-0.1, -0.05) is 18.1 Å². The molecule has 2 aromatic heterocycles. The van der Waals surface area contributed by atoms with E-state index in [0.29, 0.717) is 24.3 Å². The first-order chi connectivity index (χ1) is 8.38. The molecule has 0 aliphatic rings. The Labute approximate surface area is 99.5 Å². The van der Waals surface area contributed by atoms with Gasteiger partial charge in [0.1, 0.15) is 5.82 Å². The van der Waals surface area contributed by atoms with Crippen molar-refractivity contribution in [3.63, 3.8) is 0 Å². The second kappa shape index (κ2) is 5.95. The summed E-state index contributed by atoms with van der Waals surface area (Å²) in [5.41, 5.74) is 0. The first-order valence-electron chi connectivity index (χ1n) is 5.59. The maximum atomic E-state index is 5.40. The highest BCUT2D eigenvalue weighted by molar-refractivity contribution is 5.44. The van der Waals surface area contributed by atoms with Crippen molar-refractivity contribution < 1.29 is 4.42 Å². The van der Waals surface area contributed by atoms with Gasteiger partial charge in [0.2, 0.25) is 5.89 Å². The molecule has 0 fully saturated rings. The van der Waals surface area contributed by atoms with Gasteiger partial charge in [-0.3, -0.25) is 5.32 Å². The Morgan fingerprint density at radius 1 is 1.29 bits per heavy atom. The Bertz CT molecular complexity index is 442. The fourth-order valence-electron chi connectivity index (χ4n) is 1.29. The zero-order valence-corrected chi connectivity index (χ0v) is 9.68. The van der Waals surface area contributed by atoms with Crippen molar-refractivity contribution in [2.75, 3.05) is 11.9 Å². The van der Waals surface area contributed by atoms with Crippen LogP contribution in [0.3, 0.4) is 0 Å². The minimum atomic E-state index is 0.358. The topological polar surface area (TPSA) is 75.9 Å². The molecule has 0 atom stereocenters. The van der Waals surface area contributed by atoms with Crippen molar-refractivity contribution >= 4 is 11.8 Å². The van der Waals surface area contributed by atoms with Crippen LogP contribution < -0.4 is 10.6 Å². The molecule has 2 N–H and O–H groups in total. The molecule has 0 unspecified atom stereocenters. The highest BCUT2D eigenvalue weighted by atomic mass is 16.4. The van der Waals surface area contributed by atoms with E-state index >= 15 is 0 Å². The fourth-order valence-corrected chi connectivity index (χ4v) is 1.29. The molecule has 0 radical (unpaired) electrons. The highest BCUT2D eigenvalue weighted by Gasteiger charge is 2.05. The fraction of sp³-hybridized carbons (Fsp3) is 0.364. The molecule has 90 valence electrons. The van der Waals surface area contributed by atoms with Crippen LogP contribution in [0.4, 0.5) is 11.8 Å². The third kappa shape index (κ3) is 3.53. The quantitative estimate of drug-likeness (QED) is 0.740. The van der Waals surface area contributed by atoms with Gasteiger partial charge in [0.25, 0.3) is 0 Å². The molecular formula is C11H15N5O. The van der Waals surface area contributed by atoms with Crippen LogP contribution in [-0.2, 0) is 6.54 Å². The minimum Gasteiger partial charge on any atom is -0.406 e. The molecule has 0 aliphatic carbocycles. The Hall–Kier alpha value is -1.95. The van der Waals surface area contributed by atoms with Crippen LogP contribution in [0.2, 0.25) is 0 Å². The normalized spacial score (nSPS) is 10.4. The van der Waals surface area contributed by atoms with Crippen molar-refractivity contribution in [3.8, 4) is 0 Å². The van der Waals surface area contributed by atoms with Crippen LogP contribution in [0.1, 0.15) is 19.2 Å². The van der Waals surface area contributed by atoms with E-state index in [1.54, 1.807) is 6.20 Å². The van der Waals surface area contributed by atoms with E-state index in [2.05, 4.69) is 32.7 Å². The maximum absolute atomic E-state index is 5.40. The number of hydrogen-bond acceptors (Lipinski definition) is 6. The average Bonchev–Trinajstić information content (AvgIpc) is 2.79. The number of aromatic nitrogens is 3. The molecule has 2 aromatic rings. The summed E-state index contributed by atoms with van der Waals surface area (Å²) in [4.78, 5) is 4.10. The molecule has 0 saturated heterocycles. The van der Waals surface area contributed by atoms with E-state index in [0.717, 1.165) is 13.0 Å². The maximum Gasteiger partial charge on any atom is 0.321 e. The lowest BCUT2D eigenvalue weighted by Crippen LogP contribution is -2.13. The summed E-state index contributed by atoms with van der Waals surface area (Å²) >= 11 is 0. The van der Waals surface area contributed by atoms with Crippen LogP contribution in [-0.4, -0.2) is 21.7 Å². The SMILES string of the molecule is CCCNCc1nnc(Nc2ccccn2)o1. The molecule has 6 heteroatoms. The van der Waals surface area contributed by atoms with Gasteiger partial charge in [-0.2, -0.15) is 0 Å². The summed E-state index contributed by atoms with van der Waals surface area (Å²) in [6, 6.07) is 5.92. The second-order valence-corrected chi connectivity index (χ2v) is 3.52. The monoisotopic (exact) mass is 233 g/mol. The standard InChI is InChI=1S/C11H15N5O/c1-2-6-12-8-10-15-16-11(17-10)14-9-5-3-4-7-13-9/h3-5,7,12H,2,6,8H2,1H3,(H,13,14,16). The van der Waals surface area contributed by atoms with E-state index in [4.69, 9.17) is 4.42 Å². The first kappa shape index (κ1) is 11.5. The van der Waals surface area contributed by atoms with Gasteiger partial charge in [-0.25, -0.2) is 4.98 Å². The summed E-state index contributed by atoms with van der Waals surface area (Å²) in [5.74, 6) is 1.25. The Morgan fingerprint density at radius 2 is 2.24 bits per heavy atom. The van der Waals surface area contributed by atoms with Gasteiger partial charge in [0.15, 0.2) is 0 Å². The van der Waals surface area contributed by atoms with E-state index in [1.807, 2.05) is 18.2 Å². The first-order valence-corrected chi connectivity index (χ1v) is 5.59. The molecule has 0 aromatic carbocycles.